The van der Waals surface area contributed by atoms with E-state index in [4.69, 9.17) is 11.6 Å². The van der Waals surface area contributed by atoms with E-state index in [1.54, 1.807) is 12.1 Å². The second kappa shape index (κ2) is 5.73. The number of rotatable bonds is 3. The molecule has 0 aliphatic carbocycles. The number of para-hydroxylation sites is 1. The highest BCUT2D eigenvalue weighted by atomic mass is 79.9. The monoisotopic (exact) mass is 370 g/mol. The number of hydrogen-bond donors (Lipinski definition) is 0. The maximum Gasteiger partial charge on any atom is 0.150 e. The van der Waals surface area contributed by atoms with Crippen LogP contribution in [0.5, 0.6) is 0 Å². The number of alkyl halides is 1. The van der Waals surface area contributed by atoms with Crippen molar-refractivity contribution in [1.82, 2.24) is 9.55 Å². The van der Waals surface area contributed by atoms with E-state index in [0.29, 0.717) is 29.2 Å². The SMILES string of the molecule is Fc1cccc(F)c1-n1c(CCCl)nc2ccc(Br)cc21. The van der Waals surface area contributed by atoms with Crippen molar-refractivity contribution in [3.63, 3.8) is 0 Å². The summed E-state index contributed by atoms with van der Waals surface area (Å²) in [5.74, 6) is -0.419. The van der Waals surface area contributed by atoms with Crippen LogP contribution in [0.15, 0.2) is 40.9 Å². The average Bonchev–Trinajstić information content (AvgIpc) is 2.77. The van der Waals surface area contributed by atoms with Gasteiger partial charge in [0.1, 0.15) is 23.1 Å². The average molecular weight is 372 g/mol. The number of aromatic nitrogens is 2. The minimum atomic E-state index is -0.634. The van der Waals surface area contributed by atoms with Gasteiger partial charge in [-0.05, 0) is 30.3 Å². The Morgan fingerprint density at radius 1 is 1.14 bits per heavy atom. The molecule has 0 aliphatic heterocycles. The molecule has 1 heterocycles. The molecule has 0 unspecified atom stereocenters. The molecule has 0 N–H and O–H groups in total. The van der Waals surface area contributed by atoms with Crippen LogP contribution in [0.1, 0.15) is 5.82 Å². The Morgan fingerprint density at radius 3 is 2.52 bits per heavy atom. The molecule has 2 aromatic carbocycles. The third kappa shape index (κ3) is 2.56. The van der Waals surface area contributed by atoms with Gasteiger partial charge < -0.3 is 0 Å². The Kier molecular flexibility index (Phi) is 3.95. The first-order valence-electron chi connectivity index (χ1n) is 6.29. The normalized spacial score (nSPS) is 11.2. The molecule has 108 valence electrons. The molecule has 0 spiro atoms. The van der Waals surface area contributed by atoms with Gasteiger partial charge in [0.05, 0.1) is 11.0 Å². The molecular formula is C15H10BrClF2N2. The standard InChI is InChI=1S/C15H10BrClF2N2/c16-9-4-5-12-13(8-9)21(14(20-12)6-7-17)15-10(18)2-1-3-11(15)19/h1-5,8H,6-7H2. The Balaban J connectivity index is 2.38. The number of nitrogens with zero attached hydrogens (tertiary/aromatic N) is 2. The highest BCUT2D eigenvalue weighted by molar-refractivity contribution is 9.10. The van der Waals surface area contributed by atoms with Crippen LogP contribution in [0.4, 0.5) is 8.78 Å². The van der Waals surface area contributed by atoms with Crippen molar-refractivity contribution in [2.24, 2.45) is 0 Å². The van der Waals surface area contributed by atoms with Crippen molar-refractivity contribution in [3.05, 3.63) is 58.3 Å². The van der Waals surface area contributed by atoms with Gasteiger partial charge >= 0.3 is 0 Å². The number of imidazole rings is 1. The van der Waals surface area contributed by atoms with Crippen molar-refractivity contribution < 1.29 is 8.78 Å². The van der Waals surface area contributed by atoms with Gasteiger partial charge in [-0.25, -0.2) is 13.8 Å². The summed E-state index contributed by atoms with van der Waals surface area (Å²) in [5, 5.41) is 0. The van der Waals surface area contributed by atoms with Crippen LogP contribution in [-0.4, -0.2) is 15.4 Å². The number of fused-ring (bicyclic) bond motifs is 1. The van der Waals surface area contributed by atoms with E-state index in [1.807, 2.05) is 6.07 Å². The summed E-state index contributed by atoms with van der Waals surface area (Å²) in [6, 6.07) is 9.21. The first kappa shape index (κ1) is 14.5. The van der Waals surface area contributed by atoms with Gasteiger partial charge in [0.15, 0.2) is 0 Å². The fraction of sp³-hybridized carbons (Fsp3) is 0.133. The molecule has 21 heavy (non-hydrogen) atoms. The zero-order valence-corrected chi connectivity index (χ0v) is 13.1. The topological polar surface area (TPSA) is 17.8 Å². The molecule has 0 bridgehead atoms. The molecule has 3 aromatic rings. The van der Waals surface area contributed by atoms with Crippen LogP contribution in [0.2, 0.25) is 0 Å². The number of benzene rings is 2. The molecule has 0 aliphatic rings. The third-order valence-corrected chi connectivity index (χ3v) is 3.85. The van der Waals surface area contributed by atoms with Crippen LogP contribution < -0.4 is 0 Å². The van der Waals surface area contributed by atoms with Gasteiger partial charge in [-0.3, -0.25) is 4.57 Å². The number of hydrogen-bond acceptors (Lipinski definition) is 1. The van der Waals surface area contributed by atoms with Crippen molar-refractivity contribution in [2.45, 2.75) is 6.42 Å². The zero-order chi connectivity index (χ0) is 15.0. The second-order valence-electron chi connectivity index (χ2n) is 4.51. The molecule has 1 aromatic heterocycles. The minimum Gasteiger partial charge on any atom is -0.291 e. The number of halogens is 4. The smallest absolute Gasteiger partial charge is 0.150 e. The molecule has 0 atom stereocenters. The van der Waals surface area contributed by atoms with E-state index in [-0.39, 0.29) is 5.69 Å². The van der Waals surface area contributed by atoms with Gasteiger partial charge in [-0.2, -0.15) is 0 Å². The molecule has 6 heteroatoms. The summed E-state index contributed by atoms with van der Waals surface area (Å²) in [4.78, 5) is 4.43. The lowest BCUT2D eigenvalue weighted by molar-refractivity contribution is 0.568. The summed E-state index contributed by atoms with van der Waals surface area (Å²) in [6.07, 6.45) is 0.418. The Hall–Kier alpha value is -1.46. The van der Waals surface area contributed by atoms with E-state index in [9.17, 15) is 8.78 Å². The molecule has 0 saturated carbocycles. The maximum absolute atomic E-state index is 14.1. The quantitative estimate of drug-likeness (QED) is 0.602. The Morgan fingerprint density at radius 2 is 1.86 bits per heavy atom. The van der Waals surface area contributed by atoms with Gasteiger partial charge in [0, 0.05) is 16.8 Å². The highest BCUT2D eigenvalue weighted by Crippen LogP contribution is 2.28. The molecular weight excluding hydrogens is 362 g/mol. The van der Waals surface area contributed by atoms with Crippen LogP contribution >= 0.6 is 27.5 Å². The Bertz CT molecular complexity index is 797. The van der Waals surface area contributed by atoms with Crippen LogP contribution in [0.3, 0.4) is 0 Å². The molecule has 2 nitrogen and oxygen atoms in total. The van der Waals surface area contributed by atoms with Gasteiger partial charge in [-0.15, -0.1) is 11.6 Å². The third-order valence-electron chi connectivity index (χ3n) is 3.17. The summed E-state index contributed by atoms with van der Waals surface area (Å²) < 4.78 is 30.6. The second-order valence-corrected chi connectivity index (χ2v) is 5.80. The molecule has 0 amide bonds. The molecule has 3 rings (SSSR count). The molecule has 0 saturated heterocycles. The van der Waals surface area contributed by atoms with E-state index in [1.165, 1.54) is 22.8 Å². The summed E-state index contributed by atoms with van der Waals surface area (Å²) in [5.41, 5.74) is 1.17. The van der Waals surface area contributed by atoms with Crippen LogP contribution in [0, 0.1) is 11.6 Å². The van der Waals surface area contributed by atoms with Crippen molar-refractivity contribution >= 4 is 38.6 Å². The van der Waals surface area contributed by atoms with Gasteiger partial charge in [0.25, 0.3) is 0 Å². The molecule has 0 radical (unpaired) electrons. The Labute approximate surface area is 133 Å². The van der Waals surface area contributed by atoms with Crippen LogP contribution in [-0.2, 0) is 6.42 Å². The fourth-order valence-corrected chi connectivity index (χ4v) is 2.82. The van der Waals surface area contributed by atoms with E-state index >= 15 is 0 Å². The zero-order valence-electron chi connectivity index (χ0n) is 10.8. The van der Waals surface area contributed by atoms with Crippen molar-refractivity contribution in [3.8, 4) is 5.69 Å². The predicted molar refractivity (Wildman–Crippen MR) is 83.1 cm³/mol. The highest BCUT2D eigenvalue weighted by Gasteiger charge is 2.18. The van der Waals surface area contributed by atoms with Gasteiger partial charge in [-0.1, -0.05) is 22.0 Å². The molecule has 0 fully saturated rings. The lowest BCUT2D eigenvalue weighted by Gasteiger charge is -2.11. The van der Waals surface area contributed by atoms with E-state index < -0.39 is 11.6 Å². The van der Waals surface area contributed by atoms with Gasteiger partial charge in [0.2, 0.25) is 0 Å². The minimum absolute atomic E-state index is 0.127. The van der Waals surface area contributed by atoms with Crippen molar-refractivity contribution in [1.29, 1.82) is 0 Å². The fourth-order valence-electron chi connectivity index (χ4n) is 2.30. The van der Waals surface area contributed by atoms with Crippen LogP contribution in [0.25, 0.3) is 16.7 Å². The lowest BCUT2D eigenvalue weighted by atomic mass is 10.2. The number of aryl methyl sites for hydroxylation is 1. The lowest BCUT2D eigenvalue weighted by Crippen LogP contribution is -2.06. The first-order chi connectivity index (χ1) is 10.1. The van der Waals surface area contributed by atoms with Crippen molar-refractivity contribution in [2.75, 3.05) is 5.88 Å². The maximum atomic E-state index is 14.1. The summed E-state index contributed by atoms with van der Waals surface area (Å²) in [7, 11) is 0. The van der Waals surface area contributed by atoms with E-state index in [0.717, 1.165) is 4.47 Å². The summed E-state index contributed by atoms with van der Waals surface area (Å²) in [6.45, 7) is 0. The van der Waals surface area contributed by atoms with E-state index in [2.05, 4.69) is 20.9 Å². The predicted octanol–water partition coefficient (Wildman–Crippen LogP) is 4.85. The first-order valence-corrected chi connectivity index (χ1v) is 7.62. The summed E-state index contributed by atoms with van der Waals surface area (Å²) >= 11 is 9.15. The largest absolute Gasteiger partial charge is 0.291 e.